The third-order valence-corrected chi connectivity index (χ3v) is 2.56. The molecule has 0 spiro atoms. The Kier molecular flexibility index (Phi) is 3.80. The summed E-state index contributed by atoms with van der Waals surface area (Å²) in [4.78, 5) is 18.1. The summed E-state index contributed by atoms with van der Waals surface area (Å²) in [6.07, 6.45) is 1.97. The van der Waals surface area contributed by atoms with E-state index in [1.165, 1.54) is 6.20 Å². The van der Waals surface area contributed by atoms with E-state index in [1.54, 1.807) is 6.07 Å². The first-order valence-corrected chi connectivity index (χ1v) is 5.21. The van der Waals surface area contributed by atoms with Gasteiger partial charge >= 0.3 is 0 Å². The summed E-state index contributed by atoms with van der Waals surface area (Å²) in [7, 11) is 0. The zero-order valence-corrected chi connectivity index (χ0v) is 9.70. The number of nitrogens with one attached hydrogen (secondary N) is 1. The molecular weight excluding hydrogens is 206 g/mol. The van der Waals surface area contributed by atoms with E-state index in [0.29, 0.717) is 18.9 Å². The van der Waals surface area contributed by atoms with Gasteiger partial charge in [-0.3, -0.25) is 4.79 Å². The predicted octanol–water partition coefficient (Wildman–Crippen LogP) is 1.30. The van der Waals surface area contributed by atoms with Gasteiger partial charge in [0.1, 0.15) is 23.1 Å². The van der Waals surface area contributed by atoms with Gasteiger partial charge in [0.05, 0.1) is 6.20 Å². The summed E-state index contributed by atoms with van der Waals surface area (Å²) in [5.41, 5.74) is -1.02. The topological polar surface area (TPSA) is 78.8 Å². The molecule has 1 unspecified atom stereocenters. The van der Waals surface area contributed by atoms with Crippen LogP contribution >= 0.6 is 0 Å². The summed E-state index contributed by atoms with van der Waals surface area (Å²) in [5.74, 6) is 0.459. The number of hydrogen-bond acceptors (Lipinski definition) is 4. The molecule has 1 heterocycles. The largest absolute Gasteiger partial charge is 0.368 e. The van der Waals surface area contributed by atoms with Crippen molar-refractivity contribution in [2.75, 3.05) is 6.61 Å². The Morgan fingerprint density at radius 1 is 1.62 bits per heavy atom. The van der Waals surface area contributed by atoms with E-state index in [-0.39, 0.29) is 5.56 Å². The second-order valence-corrected chi connectivity index (χ2v) is 3.60. The lowest BCUT2D eigenvalue weighted by Crippen LogP contribution is -2.31. The number of aromatic amines is 1. The van der Waals surface area contributed by atoms with Crippen molar-refractivity contribution >= 4 is 0 Å². The van der Waals surface area contributed by atoms with Crippen molar-refractivity contribution in [3.8, 4) is 6.07 Å². The van der Waals surface area contributed by atoms with Crippen LogP contribution in [0.25, 0.3) is 0 Å². The molecule has 1 atom stereocenters. The molecule has 16 heavy (non-hydrogen) atoms. The van der Waals surface area contributed by atoms with Crippen molar-refractivity contribution in [1.82, 2.24) is 9.97 Å². The van der Waals surface area contributed by atoms with Crippen LogP contribution in [0, 0.1) is 11.3 Å². The third kappa shape index (κ3) is 2.28. The van der Waals surface area contributed by atoms with Gasteiger partial charge in [0.15, 0.2) is 0 Å². The number of aromatic nitrogens is 2. The van der Waals surface area contributed by atoms with Crippen LogP contribution in [0.1, 0.15) is 38.6 Å². The molecule has 5 nitrogen and oxygen atoms in total. The van der Waals surface area contributed by atoms with Crippen LogP contribution in [-0.4, -0.2) is 16.6 Å². The molecule has 86 valence electrons. The van der Waals surface area contributed by atoms with Crippen molar-refractivity contribution in [3.63, 3.8) is 0 Å². The van der Waals surface area contributed by atoms with E-state index in [1.807, 2.05) is 20.8 Å². The lowest BCUT2D eigenvalue weighted by atomic mass is 10.0. The minimum atomic E-state index is -0.609. The molecule has 1 rings (SSSR count). The highest BCUT2D eigenvalue weighted by atomic mass is 16.5. The molecule has 0 aromatic carbocycles. The van der Waals surface area contributed by atoms with Gasteiger partial charge in [0, 0.05) is 6.61 Å². The molecule has 0 aliphatic heterocycles. The highest BCUT2D eigenvalue weighted by Crippen LogP contribution is 2.24. The molecule has 5 heteroatoms. The van der Waals surface area contributed by atoms with Crippen LogP contribution < -0.4 is 5.56 Å². The van der Waals surface area contributed by atoms with E-state index in [9.17, 15) is 4.79 Å². The smallest absolute Gasteiger partial charge is 0.268 e. The first kappa shape index (κ1) is 12.4. The molecule has 0 aliphatic rings. The Balaban J connectivity index is 3.19. The first-order valence-electron chi connectivity index (χ1n) is 5.21. The highest BCUT2D eigenvalue weighted by molar-refractivity contribution is 5.22. The molecule has 0 amide bonds. The summed E-state index contributed by atoms with van der Waals surface area (Å²) in [6, 6.07) is 1.78. The molecular formula is C11H15N3O2. The fourth-order valence-corrected chi connectivity index (χ4v) is 1.40. The van der Waals surface area contributed by atoms with Crippen LogP contribution in [-0.2, 0) is 10.3 Å². The average Bonchev–Trinajstić information content (AvgIpc) is 2.29. The van der Waals surface area contributed by atoms with Crippen molar-refractivity contribution in [1.29, 1.82) is 5.26 Å². The first-order chi connectivity index (χ1) is 7.57. The molecule has 1 N–H and O–H groups in total. The van der Waals surface area contributed by atoms with Gasteiger partial charge in [0.2, 0.25) is 0 Å². The zero-order valence-electron chi connectivity index (χ0n) is 9.70. The molecule has 0 saturated carbocycles. The SMILES string of the molecule is CCOC(C)(CC)c1ncc(C#N)c(=O)[nH]1. The van der Waals surface area contributed by atoms with E-state index >= 15 is 0 Å². The van der Waals surface area contributed by atoms with Gasteiger partial charge in [-0.2, -0.15) is 5.26 Å². The molecule has 0 fully saturated rings. The maximum absolute atomic E-state index is 11.5. The predicted molar refractivity (Wildman–Crippen MR) is 58.8 cm³/mol. The lowest BCUT2D eigenvalue weighted by molar-refractivity contribution is -0.0392. The average molecular weight is 221 g/mol. The fraction of sp³-hybridized carbons (Fsp3) is 0.545. The normalized spacial score (nSPS) is 14.1. The van der Waals surface area contributed by atoms with E-state index in [0.717, 1.165) is 0 Å². The second kappa shape index (κ2) is 4.90. The van der Waals surface area contributed by atoms with Crippen molar-refractivity contribution in [3.05, 3.63) is 27.9 Å². The lowest BCUT2D eigenvalue weighted by Gasteiger charge is -2.26. The van der Waals surface area contributed by atoms with Gasteiger partial charge in [-0.25, -0.2) is 4.98 Å². The maximum Gasteiger partial charge on any atom is 0.268 e. The molecule has 1 aromatic rings. The van der Waals surface area contributed by atoms with Crippen LogP contribution in [0.3, 0.4) is 0 Å². The standard InChI is InChI=1S/C11H15N3O2/c1-4-11(3,16-5-2)10-13-7-8(6-12)9(15)14-10/h7H,4-5H2,1-3H3,(H,13,14,15). The number of nitriles is 1. The van der Waals surface area contributed by atoms with Gasteiger partial charge in [-0.05, 0) is 20.3 Å². The Labute approximate surface area is 94.1 Å². The molecule has 0 saturated heterocycles. The van der Waals surface area contributed by atoms with Gasteiger partial charge in [-0.1, -0.05) is 6.92 Å². The molecule has 0 radical (unpaired) electrons. The minimum Gasteiger partial charge on any atom is -0.368 e. The number of hydrogen-bond donors (Lipinski definition) is 1. The monoisotopic (exact) mass is 221 g/mol. The molecule has 0 bridgehead atoms. The van der Waals surface area contributed by atoms with Crippen LogP contribution in [0.4, 0.5) is 0 Å². The summed E-state index contributed by atoms with van der Waals surface area (Å²) in [5, 5.41) is 8.63. The van der Waals surface area contributed by atoms with E-state index in [4.69, 9.17) is 10.00 Å². The van der Waals surface area contributed by atoms with E-state index < -0.39 is 11.2 Å². The summed E-state index contributed by atoms with van der Waals surface area (Å²) in [6.45, 7) is 6.23. The van der Waals surface area contributed by atoms with E-state index in [2.05, 4.69) is 9.97 Å². The minimum absolute atomic E-state index is 0.0127. The quantitative estimate of drug-likeness (QED) is 0.831. The number of nitrogens with zero attached hydrogens (tertiary/aromatic N) is 2. The highest BCUT2D eigenvalue weighted by Gasteiger charge is 2.27. The summed E-state index contributed by atoms with van der Waals surface area (Å²) < 4.78 is 5.58. The third-order valence-electron chi connectivity index (χ3n) is 2.56. The Morgan fingerprint density at radius 3 is 2.75 bits per heavy atom. The van der Waals surface area contributed by atoms with Gasteiger partial charge in [0.25, 0.3) is 5.56 Å². The Hall–Kier alpha value is -1.67. The van der Waals surface area contributed by atoms with Crippen LogP contribution in [0.2, 0.25) is 0 Å². The molecule has 0 aliphatic carbocycles. The number of H-pyrrole nitrogens is 1. The summed E-state index contributed by atoms with van der Waals surface area (Å²) >= 11 is 0. The maximum atomic E-state index is 11.5. The van der Waals surface area contributed by atoms with Gasteiger partial charge in [-0.15, -0.1) is 0 Å². The van der Waals surface area contributed by atoms with Crippen LogP contribution in [0.15, 0.2) is 11.0 Å². The number of ether oxygens (including phenoxy) is 1. The van der Waals surface area contributed by atoms with Crippen molar-refractivity contribution in [2.45, 2.75) is 32.8 Å². The van der Waals surface area contributed by atoms with Gasteiger partial charge < -0.3 is 9.72 Å². The fourth-order valence-electron chi connectivity index (χ4n) is 1.40. The van der Waals surface area contributed by atoms with Crippen molar-refractivity contribution < 1.29 is 4.74 Å². The van der Waals surface area contributed by atoms with Crippen LogP contribution in [0.5, 0.6) is 0 Å². The Bertz CT molecular complexity index is 461. The zero-order chi connectivity index (χ0) is 12.2. The second-order valence-electron chi connectivity index (χ2n) is 3.60. The number of rotatable bonds is 4. The molecule has 1 aromatic heterocycles. The Morgan fingerprint density at radius 2 is 2.31 bits per heavy atom. The van der Waals surface area contributed by atoms with Crippen molar-refractivity contribution in [2.24, 2.45) is 0 Å².